The highest BCUT2D eigenvalue weighted by molar-refractivity contribution is 5.98. The molecule has 8 heteroatoms. The average molecular weight is 463 g/mol. The Labute approximate surface area is 199 Å². The number of aromatic amines is 1. The van der Waals surface area contributed by atoms with Gasteiger partial charge < -0.3 is 29.4 Å². The zero-order valence-electron chi connectivity index (χ0n) is 19.4. The summed E-state index contributed by atoms with van der Waals surface area (Å²) in [5, 5.41) is 2.92. The molecular weight excluding hydrogens is 432 g/mol. The van der Waals surface area contributed by atoms with Gasteiger partial charge in [0, 0.05) is 6.54 Å². The van der Waals surface area contributed by atoms with Crippen molar-refractivity contribution in [2.24, 2.45) is 0 Å². The second-order valence-corrected chi connectivity index (χ2v) is 8.73. The molecule has 1 aromatic heterocycles. The van der Waals surface area contributed by atoms with Crippen molar-refractivity contribution in [1.82, 2.24) is 15.3 Å². The fourth-order valence-electron chi connectivity index (χ4n) is 4.49. The molecule has 1 saturated carbocycles. The van der Waals surface area contributed by atoms with E-state index in [2.05, 4.69) is 15.3 Å². The van der Waals surface area contributed by atoms with E-state index in [9.17, 15) is 4.79 Å². The van der Waals surface area contributed by atoms with Gasteiger partial charge in [0.2, 0.25) is 0 Å². The number of rotatable bonds is 9. The third-order valence-corrected chi connectivity index (χ3v) is 6.24. The Morgan fingerprint density at radius 1 is 1.03 bits per heavy atom. The standard InChI is InChI=1S/C26H30N4O4/c1-32-21-12-11-19(13-22(21)34-20-9-5-6-10-20)14-30-17-27-26(31)24-25(30)29-23(28-24)16-33-15-18-7-3-2-4-8-18/h2-4,7-8,11-13,20H,5-6,9-10,14-17H2,1H3,(H,27,31)(H,28,29). The van der Waals surface area contributed by atoms with Gasteiger partial charge >= 0.3 is 0 Å². The average Bonchev–Trinajstić information content (AvgIpc) is 3.53. The third-order valence-electron chi connectivity index (χ3n) is 6.24. The molecule has 1 aliphatic heterocycles. The number of benzene rings is 2. The maximum atomic E-state index is 12.4. The fourth-order valence-corrected chi connectivity index (χ4v) is 4.49. The van der Waals surface area contributed by atoms with Gasteiger partial charge in [0.05, 0.1) is 26.5 Å². The monoisotopic (exact) mass is 462 g/mol. The van der Waals surface area contributed by atoms with Crippen LogP contribution in [0, 0.1) is 0 Å². The third kappa shape index (κ3) is 5.02. The number of hydrogen-bond acceptors (Lipinski definition) is 6. The van der Waals surface area contributed by atoms with E-state index >= 15 is 0 Å². The van der Waals surface area contributed by atoms with E-state index in [4.69, 9.17) is 14.2 Å². The number of nitrogens with zero attached hydrogens (tertiary/aromatic N) is 2. The van der Waals surface area contributed by atoms with Crippen molar-refractivity contribution in [2.45, 2.75) is 51.5 Å². The van der Waals surface area contributed by atoms with Gasteiger partial charge in [0.15, 0.2) is 17.3 Å². The molecule has 3 aromatic rings. The van der Waals surface area contributed by atoms with E-state index in [1.54, 1.807) is 7.11 Å². The van der Waals surface area contributed by atoms with E-state index in [0.29, 0.717) is 43.8 Å². The number of hydrogen-bond donors (Lipinski definition) is 2. The van der Waals surface area contributed by atoms with Gasteiger partial charge in [0.1, 0.15) is 18.1 Å². The van der Waals surface area contributed by atoms with Crippen LogP contribution >= 0.6 is 0 Å². The zero-order valence-corrected chi connectivity index (χ0v) is 19.4. The van der Waals surface area contributed by atoms with Gasteiger partial charge in [-0.1, -0.05) is 36.4 Å². The van der Waals surface area contributed by atoms with Crippen molar-refractivity contribution in [1.29, 1.82) is 0 Å². The summed E-state index contributed by atoms with van der Waals surface area (Å²) in [5.74, 6) is 2.61. The van der Waals surface area contributed by atoms with E-state index in [-0.39, 0.29) is 12.0 Å². The maximum absolute atomic E-state index is 12.4. The van der Waals surface area contributed by atoms with Gasteiger partial charge in [-0.3, -0.25) is 4.79 Å². The van der Waals surface area contributed by atoms with Crippen LogP contribution in [0.1, 0.15) is 53.1 Å². The first-order chi connectivity index (χ1) is 16.7. The number of ether oxygens (including phenoxy) is 3. The Hall–Kier alpha value is -3.52. The predicted molar refractivity (Wildman–Crippen MR) is 128 cm³/mol. The second kappa shape index (κ2) is 10.2. The quantitative estimate of drug-likeness (QED) is 0.496. The van der Waals surface area contributed by atoms with Crippen molar-refractivity contribution in [2.75, 3.05) is 18.7 Å². The smallest absolute Gasteiger partial charge is 0.272 e. The van der Waals surface area contributed by atoms with Gasteiger partial charge in [0.25, 0.3) is 5.91 Å². The van der Waals surface area contributed by atoms with Crippen molar-refractivity contribution in [3.63, 3.8) is 0 Å². The highest BCUT2D eigenvalue weighted by Gasteiger charge is 2.27. The highest BCUT2D eigenvalue weighted by Crippen LogP contribution is 2.33. The van der Waals surface area contributed by atoms with E-state index in [0.717, 1.165) is 35.5 Å². The number of anilines is 1. The lowest BCUT2D eigenvalue weighted by molar-refractivity contribution is 0.0939. The minimum Gasteiger partial charge on any atom is -0.493 e. The number of imidazole rings is 1. The van der Waals surface area contributed by atoms with Crippen LogP contribution in [0.4, 0.5) is 5.82 Å². The van der Waals surface area contributed by atoms with Crippen LogP contribution in [0.25, 0.3) is 0 Å². The van der Waals surface area contributed by atoms with Crippen LogP contribution in [-0.2, 0) is 24.5 Å². The molecule has 34 heavy (non-hydrogen) atoms. The highest BCUT2D eigenvalue weighted by atomic mass is 16.5. The molecule has 2 aliphatic rings. The first-order valence-electron chi connectivity index (χ1n) is 11.8. The Kier molecular flexibility index (Phi) is 6.67. The predicted octanol–water partition coefficient (Wildman–Crippen LogP) is 4.16. The summed E-state index contributed by atoms with van der Waals surface area (Å²) >= 11 is 0. The number of carbonyl (C=O) groups excluding carboxylic acids is 1. The number of nitrogens with one attached hydrogen (secondary N) is 2. The van der Waals surface area contributed by atoms with Crippen LogP contribution in [0.3, 0.4) is 0 Å². The summed E-state index contributed by atoms with van der Waals surface area (Å²) in [5.41, 5.74) is 2.61. The summed E-state index contributed by atoms with van der Waals surface area (Å²) in [6, 6.07) is 16.0. The number of fused-ring (bicyclic) bond motifs is 1. The maximum Gasteiger partial charge on any atom is 0.272 e. The zero-order chi connectivity index (χ0) is 23.3. The van der Waals surface area contributed by atoms with Crippen molar-refractivity contribution >= 4 is 11.7 Å². The van der Waals surface area contributed by atoms with Crippen LogP contribution < -0.4 is 19.7 Å². The summed E-state index contributed by atoms with van der Waals surface area (Å²) in [4.78, 5) is 22.3. The lowest BCUT2D eigenvalue weighted by Gasteiger charge is -2.28. The molecule has 8 nitrogen and oxygen atoms in total. The molecule has 0 bridgehead atoms. The number of amides is 1. The molecule has 5 rings (SSSR count). The second-order valence-electron chi connectivity index (χ2n) is 8.73. The number of methoxy groups -OCH3 is 1. The molecule has 0 radical (unpaired) electrons. The van der Waals surface area contributed by atoms with Crippen LogP contribution in [0.5, 0.6) is 11.5 Å². The lowest BCUT2D eigenvalue weighted by Crippen LogP contribution is -2.43. The van der Waals surface area contributed by atoms with Crippen molar-refractivity contribution < 1.29 is 19.0 Å². The molecule has 2 N–H and O–H groups in total. The first kappa shape index (κ1) is 22.3. The normalized spacial score (nSPS) is 15.8. The lowest BCUT2D eigenvalue weighted by atomic mass is 10.1. The molecule has 2 heterocycles. The minimum absolute atomic E-state index is 0.159. The molecule has 2 aromatic carbocycles. The van der Waals surface area contributed by atoms with Gasteiger partial charge in [-0.15, -0.1) is 0 Å². The fraction of sp³-hybridized carbons (Fsp3) is 0.385. The van der Waals surface area contributed by atoms with Gasteiger partial charge in [-0.25, -0.2) is 4.98 Å². The van der Waals surface area contributed by atoms with Gasteiger partial charge in [-0.05, 0) is 48.9 Å². The first-order valence-corrected chi connectivity index (χ1v) is 11.8. The number of aromatic nitrogens is 2. The van der Waals surface area contributed by atoms with E-state index in [1.807, 2.05) is 53.4 Å². The molecule has 0 unspecified atom stereocenters. The SMILES string of the molecule is COc1ccc(CN2CNC(=O)c3[nH]c(COCc4ccccc4)nc32)cc1OC1CCCC1. The topological polar surface area (TPSA) is 88.7 Å². The summed E-state index contributed by atoms with van der Waals surface area (Å²) in [7, 11) is 1.66. The van der Waals surface area contributed by atoms with E-state index in [1.165, 1.54) is 12.8 Å². The molecule has 0 spiro atoms. The minimum atomic E-state index is -0.159. The Bertz CT molecular complexity index is 1130. The summed E-state index contributed by atoms with van der Waals surface area (Å²) in [6.45, 7) is 1.74. The van der Waals surface area contributed by atoms with Crippen LogP contribution in [-0.4, -0.2) is 35.8 Å². The van der Waals surface area contributed by atoms with Crippen LogP contribution in [0.15, 0.2) is 48.5 Å². The molecule has 1 amide bonds. The van der Waals surface area contributed by atoms with Crippen molar-refractivity contribution in [3.8, 4) is 11.5 Å². The Morgan fingerprint density at radius 3 is 2.65 bits per heavy atom. The van der Waals surface area contributed by atoms with E-state index < -0.39 is 0 Å². The molecular formula is C26H30N4O4. The molecule has 1 aliphatic carbocycles. The number of H-pyrrole nitrogens is 1. The number of carbonyl (C=O) groups is 1. The molecule has 1 fully saturated rings. The molecule has 178 valence electrons. The molecule has 0 saturated heterocycles. The summed E-state index contributed by atoms with van der Waals surface area (Å²) in [6.07, 6.45) is 4.82. The summed E-state index contributed by atoms with van der Waals surface area (Å²) < 4.78 is 17.6. The largest absolute Gasteiger partial charge is 0.493 e. The van der Waals surface area contributed by atoms with Gasteiger partial charge in [-0.2, -0.15) is 0 Å². The van der Waals surface area contributed by atoms with Crippen LogP contribution in [0.2, 0.25) is 0 Å². The Morgan fingerprint density at radius 2 is 1.85 bits per heavy atom. The molecule has 0 atom stereocenters. The van der Waals surface area contributed by atoms with Crippen molar-refractivity contribution in [3.05, 3.63) is 71.2 Å². The Balaban J connectivity index is 1.29.